The second-order valence-electron chi connectivity index (χ2n) is 4.94. The van der Waals surface area contributed by atoms with Crippen molar-refractivity contribution in [2.24, 2.45) is 0 Å². The van der Waals surface area contributed by atoms with Gasteiger partial charge in [0.1, 0.15) is 5.75 Å². The largest absolute Gasteiger partial charge is 0.497 e. The monoisotopic (exact) mass is 374 g/mol. The lowest BCUT2D eigenvalue weighted by Crippen LogP contribution is -2.40. The van der Waals surface area contributed by atoms with E-state index in [-0.39, 0.29) is 6.04 Å². The zero-order valence-electron chi connectivity index (χ0n) is 12.0. The normalized spacial score (nSPS) is 17.3. The lowest BCUT2D eigenvalue weighted by molar-refractivity contribution is 0.415. The molecule has 0 aliphatic carbocycles. The molecule has 22 heavy (non-hydrogen) atoms. The predicted molar refractivity (Wildman–Crippen MR) is 96.7 cm³/mol. The summed E-state index contributed by atoms with van der Waals surface area (Å²) < 4.78 is 6.26. The molecule has 0 saturated carbocycles. The number of methoxy groups -OCH3 is 1. The summed E-state index contributed by atoms with van der Waals surface area (Å²) in [6.45, 7) is 0. The van der Waals surface area contributed by atoms with Crippen LogP contribution < -0.4 is 15.4 Å². The van der Waals surface area contributed by atoms with Crippen molar-refractivity contribution in [1.82, 2.24) is 10.6 Å². The van der Waals surface area contributed by atoms with Gasteiger partial charge in [-0.2, -0.15) is 0 Å². The van der Waals surface area contributed by atoms with Crippen molar-refractivity contribution in [2.45, 2.75) is 6.04 Å². The number of rotatable bonds is 3. The van der Waals surface area contributed by atoms with Gasteiger partial charge in [-0.15, -0.1) is 0 Å². The molecule has 1 unspecified atom stereocenters. The smallest absolute Gasteiger partial charge is 0.171 e. The van der Waals surface area contributed by atoms with Gasteiger partial charge in [-0.05, 0) is 65.8 Å². The molecule has 1 atom stereocenters. The van der Waals surface area contributed by atoms with Crippen LogP contribution in [0, 0.1) is 0 Å². The lowest BCUT2D eigenvalue weighted by Gasteiger charge is -2.26. The Balaban J connectivity index is 1.92. The van der Waals surface area contributed by atoms with E-state index in [1.807, 2.05) is 36.4 Å². The van der Waals surface area contributed by atoms with Crippen molar-refractivity contribution < 1.29 is 4.74 Å². The standard InChI is InChI=1S/C17H15BrN2OS/c1-21-14-8-4-12(5-9-14)16-10-15(19-17(22)20-16)11-2-6-13(18)7-3-11/h2-10,15H,1H3,(H2,19,20,22). The fraction of sp³-hybridized carbons (Fsp3) is 0.118. The Hall–Kier alpha value is -1.85. The number of hydrogen-bond acceptors (Lipinski definition) is 2. The summed E-state index contributed by atoms with van der Waals surface area (Å²) in [6, 6.07) is 16.2. The minimum Gasteiger partial charge on any atom is -0.497 e. The van der Waals surface area contributed by atoms with E-state index < -0.39 is 0 Å². The first-order chi connectivity index (χ1) is 10.7. The second-order valence-corrected chi connectivity index (χ2v) is 6.26. The molecule has 0 fully saturated rings. The highest BCUT2D eigenvalue weighted by Gasteiger charge is 2.18. The third-order valence-corrected chi connectivity index (χ3v) is 4.25. The van der Waals surface area contributed by atoms with Gasteiger partial charge in [0, 0.05) is 10.2 Å². The number of ether oxygens (including phenoxy) is 1. The van der Waals surface area contributed by atoms with Crippen LogP contribution >= 0.6 is 28.1 Å². The van der Waals surface area contributed by atoms with E-state index in [0.29, 0.717) is 5.11 Å². The van der Waals surface area contributed by atoms with Crippen LogP contribution in [-0.4, -0.2) is 12.2 Å². The summed E-state index contributed by atoms with van der Waals surface area (Å²) in [7, 11) is 1.66. The van der Waals surface area contributed by atoms with Gasteiger partial charge in [-0.3, -0.25) is 0 Å². The Morgan fingerprint density at radius 3 is 2.36 bits per heavy atom. The summed E-state index contributed by atoms with van der Waals surface area (Å²) in [6.07, 6.45) is 2.14. The zero-order valence-corrected chi connectivity index (χ0v) is 14.4. The van der Waals surface area contributed by atoms with Crippen molar-refractivity contribution in [1.29, 1.82) is 0 Å². The first kappa shape index (κ1) is 15.1. The lowest BCUT2D eigenvalue weighted by atomic mass is 10.0. The van der Waals surface area contributed by atoms with Gasteiger partial charge in [0.05, 0.1) is 13.2 Å². The molecule has 0 amide bonds. The number of nitrogens with one attached hydrogen (secondary N) is 2. The molecule has 1 heterocycles. The maximum Gasteiger partial charge on any atom is 0.171 e. The summed E-state index contributed by atoms with van der Waals surface area (Å²) >= 11 is 8.79. The minimum atomic E-state index is 0.0546. The molecule has 1 aliphatic heterocycles. The van der Waals surface area contributed by atoms with Gasteiger partial charge >= 0.3 is 0 Å². The van der Waals surface area contributed by atoms with Crippen molar-refractivity contribution in [3.05, 3.63) is 70.2 Å². The molecule has 0 bridgehead atoms. The van der Waals surface area contributed by atoms with Crippen LogP contribution in [0.2, 0.25) is 0 Å². The number of hydrogen-bond donors (Lipinski definition) is 2. The van der Waals surface area contributed by atoms with Gasteiger partial charge in [0.25, 0.3) is 0 Å². The fourth-order valence-electron chi connectivity index (χ4n) is 2.34. The second kappa shape index (κ2) is 6.50. The molecule has 2 N–H and O–H groups in total. The summed E-state index contributed by atoms with van der Waals surface area (Å²) in [5, 5.41) is 7.12. The van der Waals surface area contributed by atoms with E-state index in [9.17, 15) is 0 Å². The summed E-state index contributed by atoms with van der Waals surface area (Å²) in [5.41, 5.74) is 3.24. The van der Waals surface area contributed by atoms with Crippen LogP contribution in [-0.2, 0) is 0 Å². The first-order valence-corrected chi connectivity index (χ1v) is 8.05. The van der Waals surface area contributed by atoms with Gasteiger partial charge in [-0.1, -0.05) is 28.1 Å². The quantitative estimate of drug-likeness (QED) is 0.795. The number of halogens is 1. The van der Waals surface area contributed by atoms with Crippen molar-refractivity contribution in [3.8, 4) is 5.75 Å². The Morgan fingerprint density at radius 2 is 1.73 bits per heavy atom. The van der Waals surface area contributed by atoms with Crippen LogP contribution in [0.1, 0.15) is 17.2 Å². The van der Waals surface area contributed by atoms with E-state index in [2.05, 4.69) is 44.8 Å². The molecule has 0 saturated heterocycles. The molecule has 3 nitrogen and oxygen atoms in total. The van der Waals surface area contributed by atoms with Gasteiger partial charge in [-0.25, -0.2) is 0 Å². The molecule has 1 aliphatic rings. The molecule has 0 radical (unpaired) electrons. The fourth-order valence-corrected chi connectivity index (χ4v) is 2.84. The van der Waals surface area contributed by atoms with Crippen LogP contribution in [0.4, 0.5) is 0 Å². The van der Waals surface area contributed by atoms with Gasteiger partial charge in [0.2, 0.25) is 0 Å². The number of thiocarbonyl (C=S) groups is 1. The third-order valence-electron chi connectivity index (χ3n) is 3.50. The van der Waals surface area contributed by atoms with Crippen LogP contribution in [0.5, 0.6) is 5.75 Å². The molecule has 5 heteroatoms. The Labute approximate surface area is 143 Å². The molecule has 112 valence electrons. The van der Waals surface area contributed by atoms with Crippen molar-refractivity contribution in [2.75, 3.05) is 7.11 Å². The minimum absolute atomic E-state index is 0.0546. The third kappa shape index (κ3) is 3.31. The summed E-state index contributed by atoms with van der Waals surface area (Å²) in [5.74, 6) is 0.838. The Morgan fingerprint density at radius 1 is 1.05 bits per heavy atom. The van der Waals surface area contributed by atoms with Crippen LogP contribution in [0.15, 0.2) is 59.1 Å². The molecular formula is C17H15BrN2OS. The van der Waals surface area contributed by atoms with E-state index >= 15 is 0 Å². The average Bonchev–Trinajstić information content (AvgIpc) is 2.55. The van der Waals surface area contributed by atoms with Crippen LogP contribution in [0.25, 0.3) is 5.70 Å². The van der Waals surface area contributed by atoms with Crippen molar-refractivity contribution in [3.63, 3.8) is 0 Å². The van der Waals surface area contributed by atoms with E-state index in [1.54, 1.807) is 7.11 Å². The molecule has 2 aromatic rings. The summed E-state index contributed by atoms with van der Waals surface area (Å²) in [4.78, 5) is 0. The van der Waals surface area contributed by atoms with E-state index in [0.717, 1.165) is 27.0 Å². The van der Waals surface area contributed by atoms with Gasteiger partial charge < -0.3 is 15.4 Å². The van der Waals surface area contributed by atoms with E-state index in [1.165, 1.54) is 0 Å². The Kier molecular flexibility index (Phi) is 4.45. The predicted octanol–water partition coefficient (Wildman–Crippen LogP) is 4.02. The van der Waals surface area contributed by atoms with E-state index in [4.69, 9.17) is 17.0 Å². The molecule has 3 rings (SSSR count). The molecule has 2 aromatic carbocycles. The molecule has 0 spiro atoms. The highest BCUT2D eigenvalue weighted by atomic mass is 79.9. The average molecular weight is 375 g/mol. The Bertz CT molecular complexity index is 710. The SMILES string of the molecule is COc1ccc(C2=CC(c3ccc(Br)cc3)NC(=S)N2)cc1. The number of benzene rings is 2. The highest BCUT2D eigenvalue weighted by molar-refractivity contribution is 9.10. The maximum absolute atomic E-state index is 5.34. The maximum atomic E-state index is 5.34. The zero-order chi connectivity index (χ0) is 15.5. The van der Waals surface area contributed by atoms with Crippen LogP contribution in [0.3, 0.4) is 0 Å². The highest BCUT2D eigenvalue weighted by Crippen LogP contribution is 2.25. The van der Waals surface area contributed by atoms with Crippen molar-refractivity contribution >= 4 is 39.0 Å². The molecule has 0 aromatic heterocycles. The topological polar surface area (TPSA) is 33.3 Å². The van der Waals surface area contributed by atoms with Gasteiger partial charge in [0.15, 0.2) is 5.11 Å². The first-order valence-electron chi connectivity index (χ1n) is 6.85. The molecular weight excluding hydrogens is 360 g/mol.